The van der Waals surface area contributed by atoms with Crippen LogP contribution < -0.4 is 11.1 Å². The summed E-state index contributed by atoms with van der Waals surface area (Å²) >= 11 is 11.2. The Morgan fingerprint density at radius 1 is 1.60 bits per heavy atom. The van der Waals surface area contributed by atoms with E-state index in [1.54, 1.807) is 0 Å². The van der Waals surface area contributed by atoms with E-state index in [1.807, 2.05) is 27.6 Å². The van der Waals surface area contributed by atoms with Crippen LogP contribution in [0.4, 0.5) is 0 Å². The van der Waals surface area contributed by atoms with Gasteiger partial charge in [0.1, 0.15) is 0 Å². The zero-order valence-corrected chi connectivity index (χ0v) is 11.9. The van der Waals surface area contributed by atoms with E-state index in [9.17, 15) is 0 Å². The quantitative estimate of drug-likeness (QED) is 0.613. The third-order valence-corrected chi connectivity index (χ3v) is 1.92. The van der Waals surface area contributed by atoms with Crippen LogP contribution >= 0.6 is 23.8 Å². The van der Waals surface area contributed by atoms with E-state index in [0.717, 1.165) is 10.6 Å². The Balaban J connectivity index is 0.000000583. The summed E-state index contributed by atoms with van der Waals surface area (Å²) < 4.78 is 1.89. The number of halogens is 1. The molecule has 0 saturated heterocycles. The molecule has 74 valence electrons. The minimum absolute atomic E-state index is 0.287. The van der Waals surface area contributed by atoms with E-state index in [0.29, 0.717) is 34.5 Å². The Morgan fingerprint density at radius 3 is 2.60 bits per heavy atom. The van der Waals surface area contributed by atoms with Gasteiger partial charge in [-0.1, -0.05) is 29.8 Å². The maximum atomic E-state index is 7.38. The molecule has 0 amide bonds. The van der Waals surface area contributed by atoms with Gasteiger partial charge in [-0.25, -0.2) is 0 Å². The van der Waals surface area contributed by atoms with Gasteiger partial charge < -0.3 is 11.1 Å². The zero-order chi connectivity index (χ0) is 11.7. The van der Waals surface area contributed by atoms with Crippen molar-refractivity contribution >= 4 is 56.9 Å². The minimum atomic E-state index is 0.287. The third-order valence-electron chi connectivity index (χ3n) is 1.41. The van der Waals surface area contributed by atoms with Crippen molar-refractivity contribution in [2.45, 2.75) is 6.54 Å². The Hall–Kier alpha value is -0.310. The molecule has 1 rings (SSSR count). The SMILES string of the molecule is N#[C][Na].NC(=S)NCc1ccccc1Cl. The van der Waals surface area contributed by atoms with Crippen molar-refractivity contribution in [1.29, 1.82) is 5.26 Å². The molecule has 0 aliphatic rings. The van der Waals surface area contributed by atoms with Gasteiger partial charge in [-0.15, -0.1) is 0 Å². The number of benzene rings is 1. The number of nitrogens with two attached hydrogens (primary N) is 1. The summed E-state index contributed by atoms with van der Waals surface area (Å²) in [6, 6.07) is 7.56. The molecule has 0 saturated carbocycles. The zero-order valence-electron chi connectivity index (χ0n) is 8.33. The second-order valence-electron chi connectivity index (χ2n) is 2.53. The molecular formula is C9H9ClN3NaS. The first-order chi connectivity index (χ1) is 7.11. The summed E-state index contributed by atoms with van der Waals surface area (Å²) in [6.07, 6.45) is 0. The van der Waals surface area contributed by atoms with Crippen LogP contribution in [-0.4, -0.2) is 33.0 Å². The van der Waals surface area contributed by atoms with Crippen LogP contribution in [0.2, 0.25) is 5.02 Å². The van der Waals surface area contributed by atoms with Crippen molar-refractivity contribution in [3.63, 3.8) is 0 Å². The molecule has 0 radical (unpaired) electrons. The van der Waals surface area contributed by atoms with Gasteiger partial charge in [0.15, 0.2) is 5.11 Å². The van der Waals surface area contributed by atoms with E-state index in [1.165, 1.54) is 0 Å². The largest absolute Gasteiger partial charge is 0.376 e. The summed E-state index contributed by atoms with van der Waals surface area (Å²) in [5, 5.41) is 11.2. The van der Waals surface area contributed by atoms with Gasteiger partial charge in [0.25, 0.3) is 0 Å². The van der Waals surface area contributed by atoms with Gasteiger partial charge in [0, 0.05) is 11.6 Å². The normalized spacial score (nSPS) is 8.13. The van der Waals surface area contributed by atoms with Crippen molar-refractivity contribution in [2.24, 2.45) is 5.73 Å². The average Bonchev–Trinajstić information content (AvgIpc) is 2.17. The molecule has 0 aliphatic heterocycles. The first kappa shape index (κ1) is 14.7. The fourth-order valence-corrected chi connectivity index (χ4v) is 1.10. The number of nitriles is 1. The standard InChI is InChI=1S/C8H9ClN2S.CN.Na/c9-7-4-2-1-3-6(7)5-11-8(10)12;1-2;/h1-4H,5H2,(H3,10,11,12);;. The predicted octanol–water partition coefficient (Wildman–Crippen LogP) is 1.31. The number of nitrogens with zero attached hydrogens (tertiary/aromatic N) is 1. The molecule has 0 spiro atoms. The van der Waals surface area contributed by atoms with Gasteiger partial charge in [-0.2, -0.15) is 0 Å². The average molecular weight is 250 g/mol. The number of nitrogens with one attached hydrogen (secondary N) is 1. The van der Waals surface area contributed by atoms with Crippen LogP contribution in [0.25, 0.3) is 0 Å². The molecule has 0 unspecified atom stereocenters. The molecule has 0 heterocycles. The van der Waals surface area contributed by atoms with Crippen LogP contribution in [0.3, 0.4) is 0 Å². The smallest absolute Gasteiger partial charge is 0.163 e. The fourth-order valence-electron chi connectivity index (χ4n) is 0.824. The molecule has 0 atom stereocenters. The van der Waals surface area contributed by atoms with E-state index in [4.69, 9.17) is 22.6 Å². The summed E-state index contributed by atoms with van der Waals surface area (Å²) in [7, 11) is 0. The van der Waals surface area contributed by atoms with E-state index in [-0.39, 0.29) is 5.11 Å². The van der Waals surface area contributed by atoms with E-state index < -0.39 is 0 Å². The Labute approximate surface area is 117 Å². The van der Waals surface area contributed by atoms with Gasteiger partial charge in [0.05, 0.1) is 0 Å². The maximum Gasteiger partial charge on any atom is 0.163 e. The van der Waals surface area contributed by atoms with Gasteiger partial charge in [0.2, 0.25) is 0 Å². The molecule has 1 aromatic rings. The second kappa shape index (κ2) is 8.96. The van der Waals surface area contributed by atoms with Crippen molar-refractivity contribution in [3.05, 3.63) is 34.9 Å². The van der Waals surface area contributed by atoms with Crippen molar-refractivity contribution in [3.8, 4) is 3.32 Å². The van der Waals surface area contributed by atoms with Crippen molar-refractivity contribution in [2.75, 3.05) is 0 Å². The van der Waals surface area contributed by atoms with Crippen molar-refractivity contribution in [1.82, 2.24) is 5.32 Å². The maximum absolute atomic E-state index is 7.38. The van der Waals surface area contributed by atoms with Crippen LogP contribution in [-0.2, 0) is 6.54 Å². The molecule has 0 bridgehead atoms. The molecule has 0 aliphatic carbocycles. The Kier molecular flexibility index (Phi) is 8.77. The van der Waals surface area contributed by atoms with Crippen LogP contribution in [0, 0.1) is 8.58 Å². The van der Waals surface area contributed by atoms with E-state index in [2.05, 4.69) is 17.5 Å². The molecule has 6 heteroatoms. The monoisotopic (exact) mass is 249 g/mol. The predicted molar refractivity (Wildman–Crippen MR) is 66.4 cm³/mol. The van der Waals surface area contributed by atoms with Gasteiger partial charge in [-0.3, -0.25) is 0 Å². The fraction of sp³-hybridized carbons (Fsp3) is 0.111. The Bertz CT molecular complexity index is 365. The van der Waals surface area contributed by atoms with Crippen LogP contribution in [0.1, 0.15) is 5.56 Å². The number of hydrogen-bond donors (Lipinski definition) is 2. The van der Waals surface area contributed by atoms with Gasteiger partial charge in [-0.05, 0) is 23.8 Å². The molecule has 0 aromatic heterocycles. The topological polar surface area (TPSA) is 61.8 Å². The molecule has 0 fully saturated rings. The van der Waals surface area contributed by atoms with Crippen LogP contribution in [0.15, 0.2) is 24.3 Å². The number of hydrogen-bond acceptors (Lipinski definition) is 2. The molecular weight excluding hydrogens is 241 g/mol. The number of thiocarbonyl (C=S) groups is 1. The molecule has 1 aromatic carbocycles. The van der Waals surface area contributed by atoms with Crippen molar-refractivity contribution < 1.29 is 0 Å². The van der Waals surface area contributed by atoms with E-state index >= 15 is 0 Å². The second-order valence-corrected chi connectivity index (χ2v) is 3.83. The first-order valence-electron chi connectivity index (χ1n) is 4.19. The minimum Gasteiger partial charge on any atom is -0.376 e. The summed E-state index contributed by atoms with van der Waals surface area (Å²) in [6.45, 7) is 0.578. The molecule has 3 nitrogen and oxygen atoms in total. The first-order valence-corrected chi connectivity index (χ1v) is 5.98. The van der Waals surface area contributed by atoms with Gasteiger partial charge >= 0.3 is 36.5 Å². The Morgan fingerprint density at radius 2 is 2.13 bits per heavy atom. The summed E-state index contributed by atoms with van der Waals surface area (Å²) in [5.41, 5.74) is 6.26. The summed E-state index contributed by atoms with van der Waals surface area (Å²) in [5.74, 6) is 0. The van der Waals surface area contributed by atoms with Crippen LogP contribution in [0.5, 0.6) is 0 Å². The molecule has 15 heavy (non-hydrogen) atoms. The number of rotatable bonds is 2. The third kappa shape index (κ3) is 7.60. The summed E-state index contributed by atoms with van der Waals surface area (Å²) in [4.78, 5) is 0. The molecule has 3 N–H and O–H groups in total.